The van der Waals surface area contributed by atoms with Crippen LogP contribution >= 0.6 is 0 Å². The van der Waals surface area contributed by atoms with Gasteiger partial charge in [0.1, 0.15) is 12.0 Å². The van der Waals surface area contributed by atoms with Gasteiger partial charge >= 0.3 is 6.03 Å². The molecule has 1 N–H and O–H groups in total. The highest BCUT2D eigenvalue weighted by Gasteiger charge is 2.51. The molecule has 0 spiro atoms. The van der Waals surface area contributed by atoms with E-state index in [9.17, 15) is 14.0 Å². The number of likely N-dealkylation sites (N-methyl/N-ethyl adjacent to an activating group) is 2. The van der Waals surface area contributed by atoms with Crippen LogP contribution in [0, 0.1) is 5.82 Å². The Morgan fingerprint density at radius 2 is 1.78 bits per heavy atom. The highest BCUT2D eigenvalue weighted by Crippen LogP contribution is 2.39. The Morgan fingerprint density at radius 1 is 1.09 bits per heavy atom. The van der Waals surface area contributed by atoms with Crippen LogP contribution in [0.4, 0.5) is 15.1 Å². The lowest BCUT2D eigenvalue weighted by Gasteiger charge is -2.36. The second kappa shape index (κ2) is 4.51. The number of hydrogen-bond donors (Lipinski definition) is 1. The number of hydrogen-bond acceptors (Lipinski definition) is 5. The maximum Gasteiger partial charge on any atom is 0.325 e. The summed E-state index contributed by atoms with van der Waals surface area (Å²) in [7, 11) is 3.33. The maximum atomic E-state index is 13.1. The number of amides is 3. The summed E-state index contributed by atoms with van der Waals surface area (Å²) in [6.07, 6.45) is -0.550. The number of carbonyl (C=O) groups is 2. The summed E-state index contributed by atoms with van der Waals surface area (Å²) in [6, 6.07) is 4.78. The van der Waals surface area contributed by atoms with Crippen LogP contribution in [-0.4, -0.2) is 51.7 Å². The summed E-state index contributed by atoms with van der Waals surface area (Å²) < 4.78 is 14.9. The van der Waals surface area contributed by atoms with Gasteiger partial charge in [0.05, 0.1) is 0 Å². The van der Waals surface area contributed by atoms with Gasteiger partial charge in [-0.3, -0.25) is 14.7 Å². The van der Waals surface area contributed by atoms with Gasteiger partial charge in [-0.05, 0) is 24.3 Å². The van der Waals surface area contributed by atoms with Gasteiger partial charge < -0.3 is 9.80 Å². The standard InChI is InChI=1S/C14H13FN6O2/c1-19-9-11(22)16-14(23)20(2)12(9)21-10(17-18-13(19)21)7-3-5-8(15)6-4-7/h3-6,9,12H,1-2H3,(H,16,22,23). The first-order valence-corrected chi connectivity index (χ1v) is 7.00. The molecule has 1 aromatic heterocycles. The third-order valence-corrected chi connectivity index (χ3v) is 4.28. The van der Waals surface area contributed by atoms with E-state index in [1.54, 1.807) is 35.7 Å². The number of fused-ring (bicyclic) bond motifs is 3. The number of anilines is 1. The fourth-order valence-corrected chi connectivity index (χ4v) is 3.11. The SMILES string of the molecule is CN1C(=O)NC(=O)C2C1n1c(-c3ccc(F)cc3)nnc1N2C. The van der Waals surface area contributed by atoms with Gasteiger partial charge in [0, 0.05) is 19.7 Å². The Bertz CT molecular complexity index is 817. The Balaban J connectivity index is 1.88. The van der Waals surface area contributed by atoms with Gasteiger partial charge in [0.15, 0.2) is 11.9 Å². The molecule has 0 aliphatic carbocycles. The molecule has 8 nitrogen and oxygen atoms in total. The van der Waals surface area contributed by atoms with Crippen LogP contribution in [0.3, 0.4) is 0 Å². The number of urea groups is 1. The molecule has 9 heteroatoms. The lowest BCUT2D eigenvalue weighted by molar-refractivity contribution is -0.124. The summed E-state index contributed by atoms with van der Waals surface area (Å²) in [5.41, 5.74) is 0.658. The molecule has 0 radical (unpaired) electrons. The first-order chi connectivity index (χ1) is 11.0. The molecule has 118 valence electrons. The van der Waals surface area contributed by atoms with Crippen molar-refractivity contribution in [3.05, 3.63) is 30.1 Å². The van der Waals surface area contributed by atoms with Crippen molar-refractivity contribution in [2.24, 2.45) is 0 Å². The molecule has 0 saturated carbocycles. The van der Waals surface area contributed by atoms with Crippen LogP contribution in [-0.2, 0) is 4.79 Å². The fraction of sp³-hybridized carbons (Fsp3) is 0.286. The summed E-state index contributed by atoms with van der Waals surface area (Å²) in [5.74, 6) is 0.232. The summed E-state index contributed by atoms with van der Waals surface area (Å²) in [4.78, 5) is 27.3. The van der Waals surface area contributed by atoms with E-state index in [-0.39, 0.29) is 11.7 Å². The molecule has 2 atom stereocenters. The summed E-state index contributed by atoms with van der Waals surface area (Å²) >= 11 is 0. The lowest BCUT2D eigenvalue weighted by atomic mass is 10.1. The number of imide groups is 1. The predicted molar refractivity (Wildman–Crippen MR) is 77.9 cm³/mol. The van der Waals surface area contributed by atoms with Gasteiger partial charge in [-0.15, -0.1) is 10.2 Å². The average molecular weight is 316 g/mol. The van der Waals surface area contributed by atoms with Crippen molar-refractivity contribution in [3.63, 3.8) is 0 Å². The van der Waals surface area contributed by atoms with Crippen molar-refractivity contribution in [2.45, 2.75) is 12.2 Å². The number of nitrogens with zero attached hydrogens (tertiary/aromatic N) is 5. The minimum atomic E-state index is -0.581. The highest BCUT2D eigenvalue weighted by atomic mass is 19.1. The average Bonchev–Trinajstić information content (AvgIpc) is 3.06. The second-order valence-corrected chi connectivity index (χ2v) is 5.58. The summed E-state index contributed by atoms with van der Waals surface area (Å²) in [5, 5.41) is 10.6. The topological polar surface area (TPSA) is 83.4 Å². The van der Waals surface area contributed by atoms with Gasteiger partial charge in [0.2, 0.25) is 5.95 Å². The minimum absolute atomic E-state index is 0.353. The van der Waals surface area contributed by atoms with Crippen molar-refractivity contribution in [1.82, 2.24) is 25.0 Å². The quantitative estimate of drug-likeness (QED) is 0.832. The van der Waals surface area contributed by atoms with E-state index in [1.807, 2.05) is 0 Å². The largest absolute Gasteiger partial charge is 0.328 e. The normalized spacial score (nSPS) is 22.9. The fourth-order valence-electron chi connectivity index (χ4n) is 3.11. The number of halogens is 1. The lowest BCUT2D eigenvalue weighted by Crippen LogP contribution is -2.60. The van der Waals surface area contributed by atoms with Gasteiger partial charge in [0.25, 0.3) is 5.91 Å². The van der Waals surface area contributed by atoms with Crippen molar-refractivity contribution in [3.8, 4) is 11.4 Å². The molecular formula is C14H13FN6O2. The maximum absolute atomic E-state index is 13.1. The molecule has 1 fully saturated rings. The van der Waals surface area contributed by atoms with Gasteiger partial charge in [-0.2, -0.15) is 0 Å². The molecule has 0 bridgehead atoms. The van der Waals surface area contributed by atoms with Crippen LogP contribution in [0.1, 0.15) is 6.17 Å². The van der Waals surface area contributed by atoms with E-state index >= 15 is 0 Å². The Hall–Kier alpha value is -2.97. The molecule has 1 aromatic carbocycles. The molecular weight excluding hydrogens is 303 g/mol. The molecule has 3 heterocycles. The van der Waals surface area contributed by atoms with Crippen LogP contribution < -0.4 is 10.2 Å². The van der Waals surface area contributed by atoms with Gasteiger partial charge in [-0.1, -0.05) is 0 Å². The van der Waals surface area contributed by atoms with Crippen LogP contribution in [0.5, 0.6) is 0 Å². The zero-order valence-electron chi connectivity index (χ0n) is 12.4. The van der Waals surface area contributed by atoms with Crippen molar-refractivity contribution in [1.29, 1.82) is 0 Å². The number of nitrogens with one attached hydrogen (secondary N) is 1. The Morgan fingerprint density at radius 3 is 2.48 bits per heavy atom. The van der Waals surface area contributed by atoms with E-state index in [4.69, 9.17) is 0 Å². The second-order valence-electron chi connectivity index (χ2n) is 5.58. The number of rotatable bonds is 1. The molecule has 4 rings (SSSR count). The zero-order chi connectivity index (χ0) is 16.3. The van der Waals surface area contributed by atoms with Crippen LogP contribution in [0.25, 0.3) is 11.4 Å². The van der Waals surface area contributed by atoms with Crippen LogP contribution in [0.2, 0.25) is 0 Å². The van der Waals surface area contributed by atoms with Crippen molar-refractivity contribution in [2.75, 3.05) is 19.0 Å². The molecule has 2 aromatic rings. The van der Waals surface area contributed by atoms with E-state index in [1.165, 1.54) is 17.0 Å². The highest BCUT2D eigenvalue weighted by molar-refractivity contribution is 6.02. The number of aromatic nitrogens is 3. The molecule has 2 unspecified atom stereocenters. The number of carbonyl (C=O) groups excluding carboxylic acids is 2. The van der Waals surface area contributed by atoms with E-state index in [2.05, 4.69) is 15.5 Å². The monoisotopic (exact) mass is 316 g/mol. The smallest absolute Gasteiger partial charge is 0.325 e. The molecule has 3 amide bonds. The van der Waals surface area contributed by atoms with Gasteiger partial charge in [-0.25, -0.2) is 9.18 Å². The minimum Gasteiger partial charge on any atom is -0.328 e. The predicted octanol–water partition coefficient (Wildman–Crippen LogP) is 0.583. The Labute approximate surface area is 130 Å². The molecule has 2 aliphatic heterocycles. The van der Waals surface area contributed by atoms with Crippen LogP contribution in [0.15, 0.2) is 24.3 Å². The Kier molecular flexibility index (Phi) is 2.68. The molecule has 2 aliphatic rings. The summed E-state index contributed by atoms with van der Waals surface area (Å²) in [6.45, 7) is 0. The number of benzene rings is 1. The van der Waals surface area contributed by atoms with E-state index < -0.39 is 18.2 Å². The van der Waals surface area contributed by atoms with E-state index in [0.29, 0.717) is 17.3 Å². The zero-order valence-corrected chi connectivity index (χ0v) is 12.4. The third-order valence-electron chi connectivity index (χ3n) is 4.28. The first-order valence-electron chi connectivity index (χ1n) is 7.00. The third kappa shape index (κ3) is 1.76. The first kappa shape index (κ1) is 13.7. The molecule has 1 saturated heterocycles. The van der Waals surface area contributed by atoms with Crippen molar-refractivity contribution < 1.29 is 14.0 Å². The van der Waals surface area contributed by atoms with Crippen molar-refractivity contribution >= 4 is 17.9 Å². The van der Waals surface area contributed by atoms with E-state index in [0.717, 1.165) is 0 Å². The molecule has 23 heavy (non-hydrogen) atoms.